The Morgan fingerprint density at radius 2 is 2.31 bits per heavy atom. The largest absolute Gasteiger partial charge is 0.394 e. The van der Waals surface area contributed by atoms with Crippen molar-refractivity contribution in [3.8, 4) is 0 Å². The number of unbranched alkanes of at least 4 members (excludes halogenated alkanes) is 2. The highest BCUT2D eigenvalue weighted by Gasteiger charge is 2.24. The molecule has 76 valence electrons. The van der Waals surface area contributed by atoms with Gasteiger partial charge in [0.15, 0.2) is 6.29 Å². The van der Waals surface area contributed by atoms with Crippen molar-refractivity contribution in [3.05, 3.63) is 12.7 Å². The number of aliphatic hydroxyl groups is 1. The number of allylic oxidation sites excluding steroid dienone is 1. The average molecular weight is 186 g/mol. The minimum absolute atomic E-state index is 0.0587. The minimum Gasteiger partial charge on any atom is -0.394 e. The van der Waals surface area contributed by atoms with Crippen molar-refractivity contribution in [1.29, 1.82) is 0 Å². The van der Waals surface area contributed by atoms with Gasteiger partial charge < -0.3 is 14.6 Å². The van der Waals surface area contributed by atoms with Crippen molar-refractivity contribution in [2.75, 3.05) is 13.2 Å². The summed E-state index contributed by atoms with van der Waals surface area (Å²) in [4.78, 5) is 0. The summed E-state index contributed by atoms with van der Waals surface area (Å²) < 4.78 is 10.7. The Labute approximate surface area is 79.3 Å². The van der Waals surface area contributed by atoms with E-state index in [1.807, 2.05) is 6.08 Å². The fraction of sp³-hybridized carbons (Fsp3) is 0.800. The first-order chi connectivity index (χ1) is 6.36. The van der Waals surface area contributed by atoms with Crippen LogP contribution < -0.4 is 0 Å². The Balaban J connectivity index is 2.00. The lowest BCUT2D eigenvalue weighted by atomic mass is 10.2. The predicted octanol–water partition coefficient (Wildman–Crippen LogP) is 1.47. The second-order valence-corrected chi connectivity index (χ2v) is 3.28. The molecule has 1 rings (SSSR count). The Morgan fingerprint density at radius 1 is 1.46 bits per heavy atom. The van der Waals surface area contributed by atoms with Crippen LogP contribution in [0.1, 0.15) is 25.7 Å². The third-order valence-electron chi connectivity index (χ3n) is 2.11. The van der Waals surface area contributed by atoms with Crippen LogP contribution in [-0.4, -0.2) is 30.7 Å². The highest BCUT2D eigenvalue weighted by atomic mass is 16.7. The van der Waals surface area contributed by atoms with Crippen molar-refractivity contribution >= 4 is 0 Å². The number of hydrogen-bond acceptors (Lipinski definition) is 3. The summed E-state index contributed by atoms with van der Waals surface area (Å²) >= 11 is 0. The van der Waals surface area contributed by atoms with E-state index in [0.717, 1.165) is 25.7 Å². The SMILES string of the molecule is C=CCCCCC1OCC(CO)O1. The molecule has 0 bridgehead atoms. The second-order valence-electron chi connectivity index (χ2n) is 3.28. The van der Waals surface area contributed by atoms with Gasteiger partial charge in [0.1, 0.15) is 6.10 Å². The van der Waals surface area contributed by atoms with Gasteiger partial charge in [-0.3, -0.25) is 0 Å². The molecule has 1 heterocycles. The van der Waals surface area contributed by atoms with Crippen LogP contribution in [0.15, 0.2) is 12.7 Å². The highest BCUT2D eigenvalue weighted by molar-refractivity contribution is 4.67. The normalized spacial score (nSPS) is 27.8. The predicted molar refractivity (Wildman–Crippen MR) is 50.4 cm³/mol. The zero-order chi connectivity index (χ0) is 9.52. The second kappa shape index (κ2) is 6.13. The van der Waals surface area contributed by atoms with E-state index in [1.165, 1.54) is 0 Å². The molecule has 0 amide bonds. The van der Waals surface area contributed by atoms with Gasteiger partial charge in [-0.05, 0) is 25.7 Å². The Morgan fingerprint density at radius 3 is 2.92 bits per heavy atom. The molecule has 0 saturated carbocycles. The van der Waals surface area contributed by atoms with Crippen LogP contribution in [0.5, 0.6) is 0 Å². The summed E-state index contributed by atoms with van der Waals surface area (Å²) in [6, 6.07) is 0. The average Bonchev–Trinajstić information content (AvgIpc) is 2.60. The summed E-state index contributed by atoms with van der Waals surface area (Å²) in [5.41, 5.74) is 0. The smallest absolute Gasteiger partial charge is 0.158 e. The van der Waals surface area contributed by atoms with E-state index >= 15 is 0 Å². The van der Waals surface area contributed by atoms with E-state index in [-0.39, 0.29) is 19.0 Å². The molecule has 1 saturated heterocycles. The molecular weight excluding hydrogens is 168 g/mol. The van der Waals surface area contributed by atoms with E-state index in [1.54, 1.807) is 0 Å². The molecular formula is C10H18O3. The van der Waals surface area contributed by atoms with E-state index in [0.29, 0.717) is 6.61 Å². The third-order valence-corrected chi connectivity index (χ3v) is 2.11. The summed E-state index contributed by atoms with van der Waals surface area (Å²) in [6.45, 7) is 4.25. The standard InChI is InChI=1S/C10H18O3/c1-2-3-4-5-6-10-12-8-9(7-11)13-10/h2,9-11H,1,3-8H2. The fourth-order valence-electron chi connectivity index (χ4n) is 1.35. The van der Waals surface area contributed by atoms with Crippen molar-refractivity contribution in [2.45, 2.75) is 38.1 Å². The van der Waals surface area contributed by atoms with Gasteiger partial charge in [-0.15, -0.1) is 6.58 Å². The third kappa shape index (κ3) is 3.89. The molecule has 3 nitrogen and oxygen atoms in total. The molecule has 0 radical (unpaired) electrons. The maximum absolute atomic E-state index is 8.78. The van der Waals surface area contributed by atoms with E-state index in [9.17, 15) is 0 Å². The first-order valence-corrected chi connectivity index (χ1v) is 4.85. The van der Waals surface area contributed by atoms with Crippen LogP contribution in [-0.2, 0) is 9.47 Å². The molecule has 1 N–H and O–H groups in total. The van der Waals surface area contributed by atoms with Gasteiger partial charge in [0.05, 0.1) is 13.2 Å². The molecule has 0 aromatic rings. The zero-order valence-electron chi connectivity index (χ0n) is 7.95. The number of hydrogen-bond donors (Lipinski definition) is 1. The molecule has 0 aromatic carbocycles. The first kappa shape index (κ1) is 10.7. The number of ether oxygens (including phenoxy) is 2. The molecule has 0 aromatic heterocycles. The van der Waals surface area contributed by atoms with Crippen molar-refractivity contribution in [1.82, 2.24) is 0 Å². The fourth-order valence-corrected chi connectivity index (χ4v) is 1.35. The lowest BCUT2D eigenvalue weighted by Crippen LogP contribution is -2.16. The summed E-state index contributed by atoms with van der Waals surface area (Å²) in [7, 11) is 0. The van der Waals surface area contributed by atoms with Crippen molar-refractivity contribution in [3.63, 3.8) is 0 Å². The Kier molecular flexibility index (Phi) is 5.05. The zero-order valence-corrected chi connectivity index (χ0v) is 7.95. The van der Waals surface area contributed by atoms with Gasteiger partial charge in [-0.1, -0.05) is 6.08 Å². The Bertz CT molecular complexity index is 147. The Hall–Kier alpha value is -0.380. The van der Waals surface area contributed by atoms with E-state index in [4.69, 9.17) is 14.6 Å². The molecule has 1 fully saturated rings. The summed E-state index contributed by atoms with van der Waals surface area (Å²) in [5, 5.41) is 8.78. The lowest BCUT2D eigenvalue weighted by Gasteiger charge is -2.09. The molecule has 13 heavy (non-hydrogen) atoms. The van der Waals surface area contributed by atoms with Crippen LogP contribution >= 0.6 is 0 Å². The molecule has 0 aliphatic carbocycles. The van der Waals surface area contributed by atoms with E-state index < -0.39 is 0 Å². The first-order valence-electron chi connectivity index (χ1n) is 4.85. The van der Waals surface area contributed by atoms with Gasteiger partial charge in [0, 0.05) is 0 Å². The van der Waals surface area contributed by atoms with Gasteiger partial charge in [-0.25, -0.2) is 0 Å². The molecule has 1 aliphatic heterocycles. The molecule has 1 aliphatic rings. The van der Waals surface area contributed by atoms with E-state index in [2.05, 4.69) is 6.58 Å². The lowest BCUT2D eigenvalue weighted by molar-refractivity contribution is -0.0700. The molecule has 3 heteroatoms. The minimum atomic E-state index is -0.107. The van der Waals surface area contributed by atoms with Crippen molar-refractivity contribution < 1.29 is 14.6 Å². The topological polar surface area (TPSA) is 38.7 Å². The summed E-state index contributed by atoms with van der Waals surface area (Å²) in [5.74, 6) is 0. The monoisotopic (exact) mass is 186 g/mol. The van der Waals surface area contributed by atoms with Crippen LogP contribution in [0.4, 0.5) is 0 Å². The number of rotatable bonds is 6. The van der Waals surface area contributed by atoms with Gasteiger partial charge in [0.25, 0.3) is 0 Å². The van der Waals surface area contributed by atoms with Gasteiger partial charge in [0.2, 0.25) is 0 Å². The quantitative estimate of drug-likeness (QED) is 0.504. The van der Waals surface area contributed by atoms with Crippen LogP contribution in [0, 0.1) is 0 Å². The van der Waals surface area contributed by atoms with Crippen LogP contribution in [0.3, 0.4) is 0 Å². The number of aliphatic hydroxyl groups excluding tert-OH is 1. The molecule has 2 atom stereocenters. The van der Waals surface area contributed by atoms with Gasteiger partial charge in [-0.2, -0.15) is 0 Å². The van der Waals surface area contributed by atoms with Crippen molar-refractivity contribution in [2.24, 2.45) is 0 Å². The molecule has 2 unspecified atom stereocenters. The maximum atomic E-state index is 8.78. The summed E-state index contributed by atoms with van der Waals surface area (Å²) in [6.07, 6.45) is 5.92. The molecule has 0 spiro atoms. The highest BCUT2D eigenvalue weighted by Crippen LogP contribution is 2.16. The maximum Gasteiger partial charge on any atom is 0.158 e. The van der Waals surface area contributed by atoms with Crippen LogP contribution in [0.2, 0.25) is 0 Å². The van der Waals surface area contributed by atoms with Crippen LogP contribution in [0.25, 0.3) is 0 Å². The van der Waals surface area contributed by atoms with Gasteiger partial charge >= 0.3 is 0 Å².